The van der Waals surface area contributed by atoms with Crippen LogP contribution in [0.3, 0.4) is 0 Å². The Morgan fingerprint density at radius 3 is 2.55 bits per heavy atom. The molecule has 148 valence electrons. The number of hydrogen-bond donors (Lipinski definition) is 3. The van der Waals surface area contributed by atoms with Gasteiger partial charge >= 0.3 is 0 Å². The van der Waals surface area contributed by atoms with Crippen molar-refractivity contribution in [1.29, 1.82) is 0 Å². The molecule has 7 nitrogen and oxygen atoms in total. The molecule has 4 rings (SSSR count). The topological polar surface area (TPSA) is 104 Å². The van der Waals surface area contributed by atoms with Crippen LogP contribution in [-0.2, 0) is 10.0 Å². The fourth-order valence-corrected chi connectivity index (χ4v) is 5.00. The molecule has 0 saturated heterocycles. The Bertz CT molecular complexity index is 1300. The van der Waals surface area contributed by atoms with Gasteiger partial charge in [-0.3, -0.25) is 9.52 Å². The van der Waals surface area contributed by atoms with E-state index >= 15 is 0 Å². The molecule has 0 unspecified atom stereocenters. The zero-order chi connectivity index (χ0) is 20.6. The molecule has 0 atom stereocenters. The number of rotatable bonds is 5. The van der Waals surface area contributed by atoms with Crippen molar-refractivity contribution in [1.82, 2.24) is 9.97 Å². The zero-order valence-corrected chi connectivity index (χ0v) is 17.6. The van der Waals surface area contributed by atoms with Gasteiger partial charge in [0, 0.05) is 27.7 Å². The van der Waals surface area contributed by atoms with Gasteiger partial charge in [-0.05, 0) is 42.5 Å². The van der Waals surface area contributed by atoms with Crippen LogP contribution in [0.15, 0.2) is 58.9 Å². The van der Waals surface area contributed by atoms with Crippen molar-refractivity contribution < 1.29 is 13.2 Å². The highest BCUT2D eigenvalue weighted by molar-refractivity contribution is 7.93. The van der Waals surface area contributed by atoms with Crippen LogP contribution in [0.1, 0.15) is 10.5 Å². The van der Waals surface area contributed by atoms with Crippen LogP contribution in [0, 0.1) is 0 Å². The summed E-state index contributed by atoms with van der Waals surface area (Å²) in [7, 11) is -3.75. The number of hydrogen-bond acceptors (Lipinski definition) is 5. The van der Waals surface area contributed by atoms with Crippen LogP contribution < -0.4 is 10.0 Å². The van der Waals surface area contributed by atoms with Gasteiger partial charge in [-0.2, -0.15) is 0 Å². The second-order valence-corrected chi connectivity index (χ2v) is 9.38. The largest absolute Gasteiger partial charge is 0.349 e. The Labute approximate surface area is 179 Å². The van der Waals surface area contributed by atoms with E-state index in [1.165, 1.54) is 41.8 Å². The molecule has 11 heteroatoms. The predicted octanol–water partition coefficient (Wildman–Crippen LogP) is 4.98. The number of benzene rings is 2. The van der Waals surface area contributed by atoms with Gasteiger partial charge in [0.15, 0.2) is 5.13 Å². The summed E-state index contributed by atoms with van der Waals surface area (Å²) < 4.78 is 27.1. The highest BCUT2D eigenvalue weighted by Gasteiger charge is 2.16. The standard InChI is InChI=1S/C18H12Cl2N4O3S2/c19-11-7-10-8-15(23-16(10)14(20)9-11)17(25)22-12-1-3-13(4-2-12)29(26,27)24-18-21-5-6-28-18/h1-9,23H,(H,21,24)(H,22,25). The number of sulfonamides is 1. The van der Waals surface area contributed by atoms with Gasteiger partial charge in [0.25, 0.3) is 15.9 Å². The van der Waals surface area contributed by atoms with Gasteiger partial charge in [0.2, 0.25) is 0 Å². The van der Waals surface area contributed by atoms with E-state index in [0.717, 1.165) is 0 Å². The van der Waals surface area contributed by atoms with Gasteiger partial charge in [-0.1, -0.05) is 23.2 Å². The maximum absolute atomic E-state index is 12.5. The monoisotopic (exact) mass is 466 g/mol. The van der Waals surface area contributed by atoms with E-state index in [2.05, 4.69) is 20.0 Å². The number of amides is 1. The van der Waals surface area contributed by atoms with Crippen LogP contribution in [0.5, 0.6) is 0 Å². The fraction of sp³-hybridized carbons (Fsp3) is 0. The van der Waals surface area contributed by atoms with E-state index in [1.807, 2.05) is 0 Å². The lowest BCUT2D eigenvalue weighted by Gasteiger charge is -2.07. The SMILES string of the molecule is O=C(Nc1ccc(S(=O)(=O)Nc2nccs2)cc1)c1cc2cc(Cl)cc(Cl)c2[nH]1. The Morgan fingerprint density at radius 1 is 1.10 bits per heavy atom. The smallest absolute Gasteiger partial charge is 0.272 e. The second kappa shape index (κ2) is 7.68. The molecule has 0 saturated carbocycles. The Balaban J connectivity index is 1.51. The van der Waals surface area contributed by atoms with Crippen molar-refractivity contribution in [3.8, 4) is 0 Å². The third-order valence-corrected chi connectivity index (χ3v) is 6.66. The van der Waals surface area contributed by atoms with Crippen LogP contribution in [-0.4, -0.2) is 24.3 Å². The van der Waals surface area contributed by atoms with E-state index < -0.39 is 15.9 Å². The molecule has 0 radical (unpaired) electrons. The molecule has 3 N–H and O–H groups in total. The van der Waals surface area contributed by atoms with Crippen molar-refractivity contribution in [2.24, 2.45) is 0 Å². The number of fused-ring (bicyclic) bond motifs is 1. The molecule has 29 heavy (non-hydrogen) atoms. The number of halogens is 2. The summed E-state index contributed by atoms with van der Waals surface area (Å²) in [4.78, 5) is 19.4. The first-order chi connectivity index (χ1) is 13.8. The lowest BCUT2D eigenvalue weighted by molar-refractivity contribution is 0.102. The number of H-pyrrole nitrogens is 1. The number of nitrogens with zero attached hydrogens (tertiary/aromatic N) is 1. The minimum Gasteiger partial charge on any atom is -0.349 e. The molecule has 4 aromatic rings. The molecule has 0 bridgehead atoms. The van der Waals surface area contributed by atoms with Crippen molar-refractivity contribution in [3.63, 3.8) is 0 Å². The number of anilines is 2. The van der Waals surface area contributed by atoms with E-state index in [4.69, 9.17) is 23.2 Å². The number of thiazole rings is 1. The summed E-state index contributed by atoms with van der Waals surface area (Å²) in [6, 6.07) is 10.7. The first-order valence-electron chi connectivity index (χ1n) is 8.13. The summed E-state index contributed by atoms with van der Waals surface area (Å²) in [6.45, 7) is 0. The predicted molar refractivity (Wildman–Crippen MR) is 116 cm³/mol. The molecular formula is C18H12Cl2N4O3S2. The Kier molecular flexibility index (Phi) is 5.22. The van der Waals surface area contributed by atoms with Crippen molar-refractivity contribution in [2.75, 3.05) is 10.0 Å². The lowest BCUT2D eigenvalue weighted by Crippen LogP contribution is -2.14. The summed E-state index contributed by atoms with van der Waals surface area (Å²) >= 11 is 13.3. The first-order valence-corrected chi connectivity index (χ1v) is 11.3. The number of carbonyl (C=O) groups excluding carboxylic acids is 1. The normalized spacial score (nSPS) is 11.5. The van der Waals surface area contributed by atoms with Crippen LogP contribution in [0.25, 0.3) is 10.9 Å². The van der Waals surface area contributed by atoms with E-state index in [9.17, 15) is 13.2 Å². The van der Waals surface area contributed by atoms with E-state index in [0.29, 0.717) is 32.3 Å². The third kappa shape index (κ3) is 4.23. The fourth-order valence-electron chi connectivity index (χ4n) is 2.65. The minimum atomic E-state index is -3.75. The molecule has 2 heterocycles. The number of nitrogens with one attached hydrogen (secondary N) is 3. The highest BCUT2D eigenvalue weighted by Crippen LogP contribution is 2.28. The van der Waals surface area contributed by atoms with Crippen molar-refractivity contribution >= 4 is 72.2 Å². The van der Waals surface area contributed by atoms with Gasteiger partial charge in [0.05, 0.1) is 15.4 Å². The minimum absolute atomic E-state index is 0.0535. The molecule has 2 aromatic carbocycles. The molecule has 0 aliphatic heterocycles. The number of aromatic nitrogens is 2. The van der Waals surface area contributed by atoms with Gasteiger partial charge < -0.3 is 10.3 Å². The first kappa shape index (κ1) is 19.7. The zero-order valence-electron chi connectivity index (χ0n) is 14.4. The Hall–Kier alpha value is -2.59. The van der Waals surface area contributed by atoms with E-state index in [-0.39, 0.29) is 10.0 Å². The van der Waals surface area contributed by atoms with Crippen LogP contribution >= 0.6 is 34.5 Å². The lowest BCUT2D eigenvalue weighted by atomic mass is 10.2. The molecule has 0 aliphatic carbocycles. The van der Waals surface area contributed by atoms with Gasteiger partial charge in [-0.25, -0.2) is 13.4 Å². The molecule has 1 amide bonds. The quantitative estimate of drug-likeness (QED) is 0.385. The summed E-state index contributed by atoms with van der Waals surface area (Å²) in [5, 5.41) is 6.24. The summed E-state index contributed by atoms with van der Waals surface area (Å²) in [6.07, 6.45) is 1.51. The van der Waals surface area contributed by atoms with E-state index in [1.54, 1.807) is 23.6 Å². The molecular weight excluding hydrogens is 455 g/mol. The molecule has 0 fully saturated rings. The second-order valence-electron chi connectivity index (χ2n) is 5.96. The number of carbonyl (C=O) groups is 1. The Morgan fingerprint density at radius 2 is 1.86 bits per heavy atom. The van der Waals surface area contributed by atoms with Gasteiger partial charge in [0.1, 0.15) is 5.69 Å². The van der Waals surface area contributed by atoms with Gasteiger partial charge in [-0.15, -0.1) is 11.3 Å². The van der Waals surface area contributed by atoms with Crippen molar-refractivity contribution in [3.05, 3.63) is 69.8 Å². The average Bonchev–Trinajstić information content (AvgIpc) is 3.31. The summed E-state index contributed by atoms with van der Waals surface area (Å²) in [5.74, 6) is -0.398. The van der Waals surface area contributed by atoms with Crippen LogP contribution in [0.2, 0.25) is 10.0 Å². The molecule has 2 aromatic heterocycles. The maximum atomic E-state index is 12.5. The average molecular weight is 467 g/mol. The molecule has 0 spiro atoms. The summed E-state index contributed by atoms with van der Waals surface area (Å²) in [5.41, 5.74) is 1.34. The molecule has 0 aliphatic rings. The van der Waals surface area contributed by atoms with Crippen LogP contribution in [0.4, 0.5) is 10.8 Å². The number of aromatic amines is 1. The third-order valence-electron chi connectivity index (χ3n) is 3.97. The van der Waals surface area contributed by atoms with Crippen molar-refractivity contribution in [2.45, 2.75) is 4.90 Å². The maximum Gasteiger partial charge on any atom is 0.272 e. The highest BCUT2D eigenvalue weighted by atomic mass is 35.5.